The zero-order valence-electron chi connectivity index (χ0n) is 12.9. The number of amides is 1. The molecule has 4 bridgehead atoms. The maximum atomic E-state index is 12.5. The summed E-state index contributed by atoms with van der Waals surface area (Å²) in [7, 11) is 2.00. The normalized spacial score (nSPS) is 39.5. The van der Waals surface area contributed by atoms with Gasteiger partial charge in [0.1, 0.15) is 0 Å². The molecule has 4 aliphatic carbocycles. The van der Waals surface area contributed by atoms with Crippen molar-refractivity contribution < 1.29 is 4.79 Å². The lowest BCUT2D eigenvalue weighted by Gasteiger charge is -2.56. The highest BCUT2D eigenvalue weighted by molar-refractivity contribution is 5.85. The highest BCUT2D eigenvalue weighted by atomic mass is 35.5. The van der Waals surface area contributed by atoms with Gasteiger partial charge >= 0.3 is 0 Å². The smallest absolute Gasteiger partial charge is 0.239 e. The number of carbonyl (C=O) groups excluding carboxylic acids is 1. The third-order valence-corrected chi connectivity index (χ3v) is 5.98. The number of nitrogens with two attached hydrogens (primary N) is 1. The van der Waals surface area contributed by atoms with Gasteiger partial charge in [0.2, 0.25) is 5.91 Å². The van der Waals surface area contributed by atoms with Crippen molar-refractivity contribution in [2.24, 2.45) is 35.3 Å². The van der Waals surface area contributed by atoms with Gasteiger partial charge in [0.15, 0.2) is 0 Å². The minimum absolute atomic E-state index is 0. The molecular formula is C16H29ClN2O. The molecule has 2 N–H and O–H groups in total. The van der Waals surface area contributed by atoms with E-state index in [0.29, 0.717) is 6.04 Å². The molecule has 0 aromatic heterocycles. The van der Waals surface area contributed by atoms with Crippen LogP contribution in [0.15, 0.2) is 0 Å². The van der Waals surface area contributed by atoms with Crippen molar-refractivity contribution in [2.75, 3.05) is 7.05 Å². The van der Waals surface area contributed by atoms with Crippen molar-refractivity contribution in [1.29, 1.82) is 0 Å². The van der Waals surface area contributed by atoms with E-state index in [0.717, 1.165) is 23.7 Å². The fourth-order valence-electron chi connectivity index (χ4n) is 5.20. The van der Waals surface area contributed by atoms with Crippen LogP contribution < -0.4 is 5.73 Å². The molecule has 4 aliphatic rings. The molecule has 1 atom stereocenters. The molecule has 0 radical (unpaired) electrons. The van der Waals surface area contributed by atoms with Gasteiger partial charge in [-0.15, -0.1) is 12.4 Å². The highest BCUT2D eigenvalue weighted by Gasteiger charge is 2.50. The molecule has 4 fully saturated rings. The fraction of sp³-hybridized carbons (Fsp3) is 0.938. The number of carbonyl (C=O) groups is 1. The first-order chi connectivity index (χ1) is 8.97. The van der Waals surface area contributed by atoms with Crippen LogP contribution in [0.25, 0.3) is 0 Å². The lowest BCUT2D eigenvalue weighted by molar-refractivity contribution is -0.143. The third-order valence-electron chi connectivity index (χ3n) is 5.98. The van der Waals surface area contributed by atoms with Crippen molar-refractivity contribution in [3.05, 3.63) is 0 Å². The number of halogens is 1. The van der Waals surface area contributed by atoms with Gasteiger partial charge in [-0.1, -0.05) is 13.8 Å². The standard InChI is InChI=1S/C16H28N2O.ClH/c1-9(2)14(17)16(19)18(3)15-12-5-10-4-11(7-12)8-13(15)6-10;/h9-15H,4-8,17H2,1-3H3;1H/t10?,11?,12?,13?,14-,15?;/m0./s1. The van der Waals surface area contributed by atoms with Gasteiger partial charge in [-0.25, -0.2) is 0 Å². The number of likely N-dealkylation sites (N-methyl/N-ethyl adjacent to an activating group) is 1. The van der Waals surface area contributed by atoms with Gasteiger partial charge in [-0.05, 0) is 61.7 Å². The lowest BCUT2D eigenvalue weighted by atomic mass is 9.54. The first kappa shape index (κ1) is 16.1. The van der Waals surface area contributed by atoms with Crippen LogP contribution in [0.2, 0.25) is 0 Å². The van der Waals surface area contributed by atoms with Crippen molar-refractivity contribution in [3.63, 3.8) is 0 Å². The van der Waals surface area contributed by atoms with Crippen LogP contribution in [0, 0.1) is 29.6 Å². The Morgan fingerprint density at radius 2 is 1.50 bits per heavy atom. The molecule has 0 spiro atoms. The summed E-state index contributed by atoms with van der Waals surface area (Å²) in [5, 5.41) is 0. The topological polar surface area (TPSA) is 46.3 Å². The molecule has 0 aliphatic heterocycles. The molecule has 0 saturated heterocycles. The largest absolute Gasteiger partial charge is 0.341 e. The molecule has 20 heavy (non-hydrogen) atoms. The van der Waals surface area contributed by atoms with Crippen LogP contribution in [-0.2, 0) is 4.79 Å². The second-order valence-corrected chi connectivity index (χ2v) is 7.64. The molecular weight excluding hydrogens is 272 g/mol. The van der Waals surface area contributed by atoms with Crippen LogP contribution in [0.4, 0.5) is 0 Å². The molecule has 4 heteroatoms. The quantitative estimate of drug-likeness (QED) is 0.871. The third kappa shape index (κ3) is 2.59. The van der Waals surface area contributed by atoms with E-state index in [9.17, 15) is 4.79 Å². The maximum absolute atomic E-state index is 12.5. The minimum Gasteiger partial charge on any atom is -0.341 e. The summed E-state index contributed by atoms with van der Waals surface area (Å²) in [6, 6.07) is 0.146. The van der Waals surface area contributed by atoms with Crippen LogP contribution in [-0.4, -0.2) is 29.9 Å². The zero-order valence-corrected chi connectivity index (χ0v) is 13.7. The van der Waals surface area contributed by atoms with Gasteiger partial charge in [-0.3, -0.25) is 4.79 Å². The van der Waals surface area contributed by atoms with E-state index in [1.165, 1.54) is 32.1 Å². The molecule has 0 heterocycles. The lowest BCUT2D eigenvalue weighted by Crippen LogP contribution is -2.59. The number of hydrogen-bond acceptors (Lipinski definition) is 2. The molecule has 4 saturated carbocycles. The molecule has 0 aromatic carbocycles. The van der Waals surface area contributed by atoms with Gasteiger partial charge in [0, 0.05) is 13.1 Å². The summed E-state index contributed by atoms with van der Waals surface area (Å²) in [6.07, 6.45) is 6.87. The molecule has 3 nitrogen and oxygen atoms in total. The van der Waals surface area contributed by atoms with Crippen molar-refractivity contribution in [3.8, 4) is 0 Å². The minimum atomic E-state index is -0.331. The molecule has 4 rings (SSSR count). The Morgan fingerprint density at radius 1 is 1.05 bits per heavy atom. The number of hydrogen-bond donors (Lipinski definition) is 1. The van der Waals surface area contributed by atoms with Gasteiger partial charge in [-0.2, -0.15) is 0 Å². The zero-order chi connectivity index (χ0) is 13.7. The average molecular weight is 301 g/mol. The molecule has 1 amide bonds. The van der Waals surface area contributed by atoms with Crippen molar-refractivity contribution in [1.82, 2.24) is 4.90 Å². The summed E-state index contributed by atoms with van der Waals surface area (Å²) in [6.45, 7) is 4.07. The van der Waals surface area contributed by atoms with Crippen LogP contribution in [0.3, 0.4) is 0 Å². The number of nitrogens with zero attached hydrogens (tertiary/aromatic N) is 1. The summed E-state index contributed by atoms with van der Waals surface area (Å²) >= 11 is 0. The first-order valence-electron chi connectivity index (χ1n) is 7.99. The first-order valence-corrected chi connectivity index (χ1v) is 7.99. The van der Waals surface area contributed by atoms with E-state index in [1.807, 2.05) is 25.8 Å². The SMILES string of the molecule is CC(C)[C@H](N)C(=O)N(C)C1C2CC3CC(C2)CC1C3.Cl. The maximum Gasteiger partial charge on any atom is 0.239 e. The monoisotopic (exact) mass is 300 g/mol. The predicted molar refractivity (Wildman–Crippen MR) is 83.7 cm³/mol. The van der Waals surface area contributed by atoms with Gasteiger partial charge in [0.25, 0.3) is 0 Å². The summed E-state index contributed by atoms with van der Waals surface area (Å²) < 4.78 is 0. The van der Waals surface area contributed by atoms with E-state index in [1.54, 1.807) is 0 Å². The summed E-state index contributed by atoms with van der Waals surface area (Å²) in [5.74, 6) is 3.82. The van der Waals surface area contributed by atoms with Crippen LogP contribution in [0.5, 0.6) is 0 Å². The molecule has 0 aromatic rings. The Kier molecular flexibility index (Phi) is 4.70. The highest BCUT2D eigenvalue weighted by Crippen LogP contribution is 2.55. The van der Waals surface area contributed by atoms with Gasteiger partial charge in [0.05, 0.1) is 6.04 Å². The summed E-state index contributed by atoms with van der Waals surface area (Å²) in [4.78, 5) is 14.5. The average Bonchev–Trinajstić information content (AvgIpc) is 2.35. The van der Waals surface area contributed by atoms with Crippen molar-refractivity contribution >= 4 is 18.3 Å². The van der Waals surface area contributed by atoms with E-state index in [4.69, 9.17) is 5.73 Å². The molecule has 0 unspecified atom stereocenters. The van der Waals surface area contributed by atoms with E-state index >= 15 is 0 Å². The Bertz CT molecular complexity index is 343. The van der Waals surface area contributed by atoms with E-state index < -0.39 is 0 Å². The van der Waals surface area contributed by atoms with E-state index in [-0.39, 0.29) is 30.3 Å². The second kappa shape index (κ2) is 5.84. The molecule has 116 valence electrons. The summed E-state index contributed by atoms with van der Waals surface area (Å²) in [5.41, 5.74) is 6.06. The Labute approximate surface area is 129 Å². The fourth-order valence-corrected chi connectivity index (χ4v) is 5.20. The number of rotatable bonds is 3. The second-order valence-electron chi connectivity index (χ2n) is 7.64. The van der Waals surface area contributed by atoms with Gasteiger partial charge < -0.3 is 10.6 Å². The van der Waals surface area contributed by atoms with Crippen LogP contribution >= 0.6 is 12.4 Å². The van der Waals surface area contributed by atoms with Crippen molar-refractivity contribution in [2.45, 2.75) is 58.0 Å². The Balaban J connectivity index is 0.00000147. The van der Waals surface area contributed by atoms with E-state index in [2.05, 4.69) is 0 Å². The van der Waals surface area contributed by atoms with Crippen LogP contribution in [0.1, 0.15) is 46.0 Å². The predicted octanol–water partition coefficient (Wildman–Crippen LogP) is 2.67. The Hall–Kier alpha value is -0.280. The Morgan fingerprint density at radius 3 is 1.90 bits per heavy atom.